The third-order valence-corrected chi connectivity index (χ3v) is 4.96. The van der Waals surface area contributed by atoms with Crippen molar-refractivity contribution in [3.05, 3.63) is 89.5 Å². The molecule has 4 aromatic rings. The maximum absolute atomic E-state index is 12.5. The first-order valence-corrected chi connectivity index (χ1v) is 9.97. The van der Waals surface area contributed by atoms with Crippen molar-refractivity contribution in [2.45, 2.75) is 32.8 Å². The molecular formula is C25H25N3O2. The van der Waals surface area contributed by atoms with Crippen molar-refractivity contribution in [3.63, 3.8) is 0 Å². The van der Waals surface area contributed by atoms with E-state index in [0.29, 0.717) is 18.1 Å². The summed E-state index contributed by atoms with van der Waals surface area (Å²) in [5, 5.41) is 2.81. The van der Waals surface area contributed by atoms with E-state index in [1.807, 2.05) is 48.5 Å². The lowest BCUT2D eigenvalue weighted by Crippen LogP contribution is -2.13. The summed E-state index contributed by atoms with van der Waals surface area (Å²) in [6.45, 7) is 7.01. The second kappa shape index (κ2) is 8.03. The van der Waals surface area contributed by atoms with Gasteiger partial charge in [-0.3, -0.25) is 10.1 Å². The summed E-state index contributed by atoms with van der Waals surface area (Å²) >= 11 is 0. The molecule has 0 saturated heterocycles. The van der Waals surface area contributed by atoms with Gasteiger partial charge in [0, 0.05) is 5.56 Å². The van der Waals surface area contributed by atoms with Crippen LogP contribution in [0.2, 0.25) is 0 Å². The van der Waals surface area contributed by atoms with Crippen LogP contribution in [0.5, 0.6) is 5.75 Å². The fourth-order valence-electron chi connectivity index (χ4n) is 3.16. The molecule has 0 unspecified atom stereocenters. The van der Waals surface area contributed by atoms with E-state index in [2.05, 4.69) is 48.2 Å². The van der Waals surface area contributed by atoms with Crippen molar-refractivity contribution in [1.29, 1.82) is 0 Å². The van der Waals surface area contributed by atoms with E-state index in [-0.39, 0.29) is 11.3 Å². The minimum absolute atomic E-state index is 0.122. The average Bonchev–Trinajstić information content (AvgIpc) is 3.14. The lowest BCUT2D eigenvalue weighted by atomic mass is 9.87. The van der Waals surface area contributed by atoms with Crippen molar-refractivity contribution in [2.24, 2.45) is 0 Å². The molecule has 5 nitrogen and oxygen atoms in total. The molecule has 0 spiro atoms. The predicted octanol–water partition coefficient (Wildman–Crippen LogP) is 5.69. The number of ether oxygens (including phenoxy) is 1. The van der Waals surface area contributed by atoms with Crippen LogP contribution in [0.3, 0.4) is 0 Å². The van der Waals surface area contributed by atoms with E-state index in [9.17, 15) is 4.79 Å². The Bertz CT molecular complexity index is 1120. The van der Waals surface area contributed by atoms with Gasteiger partial charge in [0.15, 0.2) is 0 Å². The van der Waals surface area contributed by atoms with Gasteiger partial charge in [0.25, 0.3) is 5.91 Å². The standard InChI is InChI=1S/C25H25N3O2/c1-25(2,3)19-12-14-20(15-13-19)30-16-17-8-10-18(11-9-17)23(29)28-24-26-21-6-4-5-7-22(21)27-24/h4-15H,16H2,1-3H3,(H2,26,27,28,29). The Morgan fingerprint density at radius 1 is 0.967 bits per heavy atom. The van der Waals surface area contributed by atoms with Gasteiger partial charge >= 0.3 is 0 Å². The molecular weight excluding hydrogens is 374 g/mol. The molecule has 152 valence electrons. The summed E-state index contributed by atoms with van der Waals surface area (Å²) in [6.07, 6.45) is 0. The number of anilines is 1. The largest absolute Gasteiger partial charge is 0.489 e. The first-order chi connectivity index (χ1) is 14.4. The van der Waals surface area contributed by atoms with Crippen LogP contribution in [-0.4, -0.2) is 15.9 Å². The summed E-state index contributed by atoms with van der Waals surface area (Å²) in [4.78, 5) is 20.0. The van der Waals surface area contributed by atoms with Crippen molar-refractivity contribution < 1.29 is 9.53 Å². The number of carbonyl (C=O) groups excluding carboxylic acids is 1. The lowest BCUT2D eigenvalue weighted by Gasteiger charge is -2.19. The average molecular weight is 399 g/mol. The second-order valence-corrected chi connectivity index (χ2v) is 8.32. The van der Waals surface area contributed by atoms with Crippen LogP contribution < -0.4 is 10.1 Å². The quantitative estimate of drug-likeness (QED) is 0.453. The molecule has 3 aromatic carbocycles. The van der Waals surface area contributed by atoms with E-state index in [0.717, 1.165) is 22.3 Å². The first-order valence-electron chi connectivity index (χ1n) is 9.97. The number of nitrogens with zero attached hydrogens (tertiary/aromatic N) is 1. The number of aromatic amines is 1. The van der Waals surface area contributed by atoms with Gasteiger partial charge in [0.2, 0.25) is 5.95 Å². The number of hydrogen-bond donors (Lipinski definition) is 2. The van der Waals surface area contributed by atoms with Crippen molar-refractivity contribution in [3.8, 4) is 5.75 Å². The van der Waals surface area contributed by atoms with Gasteiger partial charge in [-0.05, 0) is 52.9 Å². The Morgan fingerprint density at radius 3 is 2.33 bits per heavy atom. The molecule has 30 heavy (non-hydrogen) atoms. The number of nitrogens with one attached hydrogen (secondary N) is 2. The van der Waals surface area contributed by atoms with Crippen molar-refractivity contribution in [1.82, 2.24) is 9.97 Å². The Labute approximate surface area is 176 Å². The van der Waals surface area contributed by atoms with Crippen molar-refractivity contribution in [2.75, 3.05) is 5.32 Å². The monoisotopic (exact) mass is 399 g/mol. The SMILES string of the molecule is CC(C)(C)c1ccc(OCc2ccc(C(=O)Nc3nc4ccccc4[nH]3)cc2)cc1. The van der Waals surface area contributed by atoms with Gasteiger partial charge in [0.05, 0.1) is 11.0 Å². The van der Waals surface area contributed by atoms with Gasteiger partial charge in [-0.15, -0.1) is 0 Å². The molecule has 1 amide bonds. The van der Waals surface area contributed by atoms with Gasteiger partial charge in [-0.2, -0.15) is 0 Å². The summed E-state index contributed by atoms with van der Waals surface area (Å²) in [5.74, 6) is 1.06. The van der Waals surface area contributed by atoms with Gasteiger partial charge < -0.3 is 9.72 Å². The number of H-pyrrole nitrogens is 1. The second-order valence-electron chi connectivity index (χ2n) is 8.32. The molecule has 4 rings (SSSR count). The topological polar surface area (TPSA) is 67.0 Å². The third-order valence-electron chi connectivity index (χ3n) is 4.96. The highest BCUT2D eigenvalue weighted by molar-refractivity contribution is 6.03. The normalized spacial score (nSPS) is 11.4. The minimum Gasteiger partial charge on any atom is -0.489 e. The van der Waals surface area contributed by atoms with Crippen LogP contribution in [0.25, 0.3) is 11.0 Å². The zero-order valence-electron chi connectivity index (χ0n) is 17.4. The van der Waals surface area contributed by atoms with E-state index in [1.54, 1.807) is 12.1 Å². The fourth-order valence-corrected chi connectivity index (χ4v) is 3.16. The van der Waals surface area contributed by atoms with E-state index < -0.39 is 0 Å². The Kier molecular flexibility index (Phi) is 5.27. The molecule has 1 aromatic heterocycles. The Morgan fingerprint density at radius 2 is 1.67 bits per heavy atom. The highest BCUT2D eigenvalue weighted by Crippen LogP contribution is 2.24. The molecule has 0 aliphatic carbocycles. The molecule has 0 saturated carbocycles. The summed E-state index contributed by atoms with van der Waals surface area (Å²) in [7, 11) is 0. The zero-order chi connectivity index (χ0) is 21.1. The van der Waals surface area contributed by atoms with Crippen LogP contribution in [0, 0.1) is 0 Å². The lowest BCUT2D eigenvalue weighted by molar-refractivity contribution is 0.102. The third kappa shape index (κ3) is 4.51. The Hall–Kier alpha value is -3.60. The number of aromatic nitrogens is 2. The fraction of sp³-hybridized carbons (Fsp3) is 0.200. The van der Waals surface area contributed by atoms with E-state index >= 15 is 0 Å². The van der Waals surface area contributed by atoms with Crippen LogP contribution >= 0.6 is 0 Å². The van der Waals surface area contributed by atoms with Crippen LogP contribution in [0.15, 0.2) is 72.8 Å². The van der Waals surface area contributed by atoms with Crippen molar-refractivity contribution >= 4 is 22.9 Å². The number of hydrogen-bond acceptors (Lipinski definition) is 3. The highest BCUT2D eigenvalue weighted by Gasteiger charge is 2.13. The minimum atomic E-state index is -0.209. The smallest absolute Gasteiger partial charge is 0.257 e. The van der Waals surface area contributed by atoms with Crippen LogP contribution in [0.4, 0.5) is 5.95 Å². The summed E-state index contributed by atoms with van der Waals surface area (Å²) < 4.78 is 5.87. The molecule has 0 bridgehead atoms. The molecule has 2 N–H and O–H groups in total. The number of para-hydroxylation sites is 2. The molecule has 1 heterocycles. The molecule has 0 atom stereocenters. The first kappa shape index (κ1) is 19.7. The number of rotatable bonds is 5. The number of fused-ring (bicyclic) bond motifs is 1. The van der Waals surface area contributed by atoms with Crippen LogP contribution in [0.1, 0.15) is 42.3 Å². The highest BCUT2D eigenvalue weighted by atomic mass is 16.5. The number of benzene rings is 3. The molecule has 0 fully saturated rings. The van der Waals surface area contributed by atoms with Gasteiger partial charge in [-0.1, -0.05) is 57.2 Å². The number of amides is 1. The zero-order valence-corrected chi connectivity index (χ0v) is 17.4. The predicted molar refractivity (Wildman–Crippen MR) is 120 cm³/mol. The molecule has 0 aliphatic heterocycles. The Balaban J connectivity index is 1.35. The number of carbonyl (C=O) groups is 1. The number of imidazole rings is 1. The molecule has 0 radical (unpaired) electrons. The van der Waals surface area contributed by atoms with Gasteiger partial charge in [0.1, 0.15) is 12.4 Å². The van der Waals surface area contributed by atoms with E-state index in [1.165, 1.54) is 5.56 Å². The summed E-state index contributed by atoms with van der Waals surface area (Å²) in [5.41, 5.74) is 4.65. The maximum atomic E-state index is 12.5. The molecule has 5 heteroatoms. The van der Waals surface area contributed by atoms with E-state index in [4.69, 9.17) is 4.74 Å². The molecule has 0 aliphatic rings. The maximum Gasteiger partial charge on any atom is 0.257 e. The van der Waals surface area contributed by atoms with Gasteiger partial charge in [-0.25, -0.2) is 4.98 Å². The summed E-state index contributed by atoms with van der Waals surface area (Å²) in [6, 6.07) is 23.2. The van der Waals surface area contributed by atoms with Crippen LogP contribution in [-0.2, 0) is 12.0 Å².